The maximum Gasteiger partial charge on any atom is 0.496 e. The van der Waals surface area contributed by atoms with E-state index >= 15 is 0 Å². The first-order valence-corrected chi connectivity index (χ1v) is 7.17. The van der Waals surface area contributed by atoms with Crippen molar-refractivity contribution >= 4 is 18.6 Å². The van der Waals surface area contributed by atoms with Crippen molar-refractivity contribution in [3.63, 3.8) is 0 Å². The third-order valence-electron chi connectivity index (χ3n) is 3.71. The summed E-state index contributed by atoms with van der Waals surface area (Å²) in [6.45, 7) is 12.0. The molecular formula is C15H24BNO4. The Hall–Kier alpha value is -1.40. The van der Waals surface area contributed by atoms with E-state index in [-0.39, 0.29) is 5.69 Å². The lowest BCUT2D eigenvalue weighted by molar-refractivity contribution is 0.00578. The molecule has 0 unspecified atom stereocenters. The fourth-order valence-corrected chi connectivity index (χ4v) is 1.75. The van der Waals surface area contributed by atoms with Crippen molar-refractivity contribution in [2.75, 3.05) is 7.11 Å². The lowest BCUT2D eigenvalue weighted by Gasteiger charge is -2.32. The summed E-state index contributed by atoms with van der Waals surface area (Å²) in [7, 11) is 0.857. The summed E-state index contributed by atoms with van der Waals surface area (Å²) in [5.41, 5.74) is 0.270. The second-order valence-corrected chi connectivity index (χ2v) is 5.56. The van der Waals surface area contributed by atoms with Crippen molar-refractivity contribution in [2.24, 2.45) is 0 Å². The van der Waals surface area contributed by atoms with Crippen LogP contribution in [0.15, 0.2) is 18.3 Å². The van der Waals surface area contributed by atoms with Gasteiger partial charge in [0.05, 0.1) is 18.3 Å². The van der Waals surface area contributed by atoms with E-state index in [0.29, 0.717) is 0 Å². The average Bonchev–Trinajstić information content (AvgIpc) is 2.69. The molecule has 0 aromatic carbocycles. The first-order valence-electron chi connectivity index (χ1n) is 7.17. The van der Waals surface area contributed by atoms with E-state index in [2.05, 4.69) is 9.72 Å². The van der Waals surface area contributed by atoms with Crippen LogP contribution < -0.4 is 5.46 Å². The molecule has 116 valence electrons. The van der Waals surface area contributed by atoms with Gasteiger partial charge in [0, 0.05) is 11.7 Å². The third kappa shape index (κ3) is 3.63. The maximum absolute atomic E-state index is 11.3. The normalized spacial score (nSPS) is 18.7. The third-order valence-corrected chi connectivity index (χ3v) is 3.71. The molecule has 1 aliphatic rings. The minimum absolute atomic E-state index is 0.266. The quantitative estimate of drug-likeness (QED) is 0.618. The number of pyridine rings is 1. The summed E-state index contributed by atoms with van der Waals surface area (Å²) in [5, 5.41) is 0. The van der Waals surface area contributed by atoms with Crippen molar-refractivity contribution in [1.29, 1.82) is 0 Å². The summed E-state index contributed by atoms with van der Waals surface area (Å²) in [4.78, 5) is 15.4. The van der Waals surface area contributed by atoms with Crippen molar-refractivity contribution < 1.29 is 18.8 Å². The van der Waals surface area contributed by atoms with Crippen molar-refractivity contribution in [3.8, 4) is 0 Å². The van der Waals surface area contributed by atoms with E-state index in [1.807, 2.05) is 41.5 Å². The fourth-order valence-electron chi connectivity index (χ4n) is 1.75. The lowest BCUT2D eigenvalue weighted by Crippen LogP contribution is -2.41. The van der Waals surface area contributed by atoms with E-state index in [9.17, 15) is 4.79 Å². The minimum atomic E-state index is -0.468. The van der Waals surface area contributed by atoms with Crippen LogP contribution in [0.3, 0.4) is 0 Å². The molecule has 5 nitrogen and oxygen atoms in total. The number of rotatable bonds is 2. The predicted octanol–water partition coefficient (Wildman–Crippen LogP) is 2.19. The average molecular weight is 293 g/mol. The lowest BCUT2D eigenvalue weighted by atomic mass is 9.80. The summed E-state index contributed by atoms with van der Waals surface area (Å²) < 4.78 is 16.4. The smallest absolute Gasteiger partial charge is 0.464 e. The van der Waals surface area contributed by atoms with Gasteiger partial charge in [-0.3, -0.25) is 0 Å². The van der Waals surface area contributed by atoms with Crippen LogP contribution in [0, 0.1) is 0 Å². The topological polar surface area (TPSA) is 57.7 Å². The summed E-state index contributed by atoms with van der Waals surface area (Å²) in [6, 6.07) is 3.37. The number of carbonyl (C=O) groups excluding carboxylic acids is 1. The van der Waals surface area contributed by atoms with Crippen molar-refractivity contribution in [1.82, 2.24) is 4.98 Å². The second-order valence-electron chi connectivity index (χ2n) is 5.56. The molecule has 1 aromatic heterocycles. The molecule has 2 rings (SSSR count). The number of methoxy groups -OCH3 is 1. The Morgan fingerprint density at radius 3 is 2.05 bits per heavy atom. The Morgan fingerprint density at radius 1 is 1.14 bits per heavy atom. The van der Waals surface area contributed by atoms with Gasteiger partial charge in [0.2, 0.25) is 0 Å². The summed E-state index contributed by atoms with van der Waals surface area (Å²) in [5.74, 6) is -0.458. The molecule has 0 radical (unpaired) electrons. The second kappa shape index (κ2) is 6.58. The molecular weight excluding hydrogens is 269 g/mol. The van der Waals surface area contributed by atoms with Gasteiger partial charge in [0.15, 0.2) is 0 Å². The first kappa shape index (κ1) is 17.7. The molecule has 1 fully saturated rings. The molecule has 1 aliphatic heterocycles. The molecule has 0 atom stereocenters. The minimum Gasteiger partial charge on any atom is -0.464 e. The number of esters is 1. The van der Waals surface area contributed by atoms with Crippen LogP contribution in [0.5, 0.6) is 0 Å². The van der Waals surface area contributed by atoms with Gasteiger partial charge in [-0.1, -0.05) is 19.9 Å². The van der Waals surface area contributed by atoms with Gasteiger partial charge in [0.25, 0.3) is 0 Å². The van der Waals surface area contributed by atoms with Gasteiger partial charge in [0.1, 0.15) is 5.69 Å². The van der Waals surface area contributed by atoms with E-state index in [1.165, 1.54) is 7.11 Å². The standard InChI is InChI=1S/C13H18BNO4.C2H6/c1-12(2)13(3,4)19-14(18-12)9-6-7-10(15-8-9)11(16)17-5;1-2/h6-8H,1-5H3;1-2H3. The molecule has 6 heteroatoms. The van der Waals surface area contributed by atoms with Crippen LogP contribution in [0.2, 0.25) is 0 Å². The van der Waals surface area contributed by atoms with Crippen LogP contribution in [0.4, 0.5) is 0 Å². The van der Waals surface area contributed by atoms with Crippen molar-refractivity contribution in [2.45, 2.75) is 52.7 Å². The first-order chi connectivity index (χ1) is 9.77. The number of aromatic nitrogens is 1. The number of nitrogens with zero attached hydrogens (tertiary/aromatic N) is 1. The van der Waals surface area contributed by atoms with Gasteiger partial charge in [-0.2, -0.15) is 0 Å². The molecule has 0 spiro atoms. The zero-order chi connectivity index (χ0) is 16.3. The van der Waals surface area contributed by atoms with Crippen LogP contribution in [0.25, 0.3) is 0 Å². The van der Waals surface area contributed by atoms with Gasteiger partial charge in [-0.15, -0.1) is 0 Å². The van der Waals surface area contributed by atoms with Crippen molar-refractivity contribution in [3.05, 3.63) is 24.0 Å². The molecule has 21 heavy (non-hydrogen) atoms. The van der Waals surface area contributed by atoms with Crippen LogP contribution in [-0.4, -0.2) is 36.4 Å². The van der Waals surface area contributed by atoms with Crippen LogP contribution in [0.1, 0.15) is 52.0 Å². The number of hydrogen-bond acceptors (Lipinski definition) is 5. The predicted molar refractivity (Wildman–Crippen MR) is 82.6 cm³/mol. The Labute approximate surface area is 127 Å². The van der Waals surface area contributed by atoms with E-state index in [4.69, 9.17) is 9.31 Å². The molecule has 0 N–H and O–H groups in total. The Balaban J connectivity index is 0.00000106. The fraction of sp³-hybridized carbons (Fsp3) is 0.600. The number of ether oxygens (including phenoxy) is 1. The molecule has 0 bridgehead atoms. The van der Waals surface area contributed by atoms with E-state index in [1.54, 1.807) is 18.3 Å². The van der Waals surface area contributed by atoms with Crippen LogP contribution in [-0.2, 0) is 14.0 Å². The molecule has 0 aliphatic carbocycles. The Bertz CT molecular complexity index is 469. The number of hydrogen-bond donors (Lipinski definition) is 0. The molecule has 1 aromatic rings. The zero-order valence-electron chi connectivity index (χ0n) is 13.9. The highest BCUT2D eigenvalue weighted by molar-refractivity contribution is 6.62. The molecule has 2 heterocycles. The SMILES string of the molecule is CC.COC(=O)c1ccc(B2OC(C)(C)C(C)(C)O2)cn1. The number of carbonyl (C=O) groups is 1. The molecule has 1 saturated heterocycles. The largest absolute Gasteiger partial charge is 0.496 e. The van der Waals surface area contributed by atoms with Gasteiger partial charge < -0.3 is 14.0 Å². The maximum atomic E-state index is 11.3. The van der Waals surface area contributed by atoms with Crippen LogP contribution >= 0.6 is 0 Å². The zero-order valence-corrected chi connectivity index (χ0v) is 13.9. The Kier molecular flexibility index (Phi) is 5.53. The molecule has 0 amide bonds. The highest BCUT2D eigenvalue weighted by atomic mass is 16.7. The summed E-state index contributed by atoms with van der Waals surface area (Å²) >= 11 is 0. The Morgan fingerprint density at radius 2 is 1.67 bits per heavy atom. The van der Waals surface area contributed by atoms with Gasteiger partial charge in [-0.05, 0) is 33.8 Å². The van der Waals surface area contributed by atoms with Gasteiger partial charge in [-0.25, -0.2) is 9.78 Å². The van der Waals surface area contributed by atoms with Gasteiger partial charge >= 0.3 is 13.1 Å². The molecule has 0 saturated carbocycles. The monoisotopic (exact) mass is 293 g/mol. The van der Waals surface area contributed by atoms with E-state index in [0.717, 1.165) is 5.46 Å². The highest BCUT2D eigenvalue weighted by Gasteiger charge is 2.51. The summed E-state index contributed by atoms with van der Waals surface area (Å²) in [6.07, 6.45) is 1.58. The van der Waals surface area contributed by atoms with E-state index < -0.39 is 24.3 Å². The highest BCUT2D eigenvalue weighted by Crippen LogP contribution is 2.36.